The molecule has 1 aliphatic heterocycles. The Bertz CT molecular complexity index is 570. The van der Waals surface area contributed by atoms with Crippen molar-refractivity contribution in [3.63, 3.8) is 0 Å². The van der Waals surface area contributed by atoms with Gasteiger partial charge in [0, 0.05) is 24.3 Å². The number of benzene rings is 1. The van der Waals surface area contributed by atoms with Gasteiger partial charge >= 0.3 is 6.18 Å². The third-order valence-corrected chi connectivity index (χ3v) is 3.77. The molecule has 1 aromatic carbocycles. The number of para-hydroxylation sites is 1. The highest BCUT2D eigenvalue weighted by Crippen LogP contribution is 2.35. The van der Waals surface area contributed by atoms with Crippen LogP contribution in [0.25, 0.3) is 0 Å². The molecule has 1 amide bonds. The predicted molar refractivity (Wildman–Crippen MR) is 82.5 cm³/mol. The van der Waals surface area contributed by atoms with Crippen molar-refractivity contribution in [2.75, 3.05) is 25.0 Å². The first-order valence-corrected chi connectivity index (χ1v) is 7.69. The van der Waals surface area contributed by atoms with Crippen molar-refractivity contribution in [2.45, 2.75) is 38.3 Å². The molecule has 134 valence electrons. The number of hydrogen-bond donors (Lipinski definition) is 2. The van der Waals surface area contributed by atoms with E-state index in [-0.39, 0.29) is 35.9 Å². The highest BCUT2D eigenvalue weighted by molar-refractivity contribution is 5.81. The SMILES string of the molecule is C[C@@H]1CN(C(=O)CNc2ccccc2[C@H](O)C(F)(F)F)C[C@H](C)O1. The van der Waals surface area contributed by atoms with Crippen LogP contribution in [0.1, 0.15) is 25.5 Å². The molecule has 1 fully saturated rings. The smallest absolute Gasteiger partial charge is 0.379 e. The summed E-state index contributed by atoms with van der Waals surface area (Å²) in [4.78, 5) is 13.9. The van der Waals surface area contributed by atoms with Crippen molar-refractivity contribution in [1.29, 1.82) is 0 Å². The number of nitrogens with one attached hydrogen (secondary N) is 1. The van der Waals surface area contributed by atoms with Gasteiger partial charge in [-0.1, -0.05) is 18.2 Å². The lowest BCUT2D eigenvalue weighted by Gasteiger charge is -2.35. The van der Waals surface area contributed by atoms with E-state index in [1.54, 1.807) is 4.90 Å². The summed E-state index contributed by atoms with van der Waals surface area (Å²) in [5, 5.41) is 12.1. The highest BCUT2D eigenvalue weighted by atomic mass is 19.4. The molecule has 2 N–H and O–H groups in total. The third kappa shape index (κ3) is 4.61. The number of aliphatic hydroxyl groups excluding tert-OH is 1. The van der Waals surface area contributed by atoms with E-state index in [1.165, 1.54) is 24.3 Å². The molecule has 5 nitrogen and oxygen atoms in total. The summed E-state index contributed by atoms with van der Waals surface area (Å²) in [6, 6.07) is 5.53. The monoisotopic (exact) mass is 346 g/mol. The van der Waals surface area contributed by atoms with Crippen LogP contribution in [0.4, 0.5) is 18.9 Å². The van der Waals surface area contributed by atoms with E-state index in [1.807, 2.05) is 13.8 Å². The first-order chi connectivity index (χ1) is 11.2. The number of hydrogen-bond acceptors (Lipinski definition) is 4. The van der Waals surface area contributed by atoms with Crippen LogP contribution in [0, 0.1) is 0 Å². The zero-order valence-electron chi connectivity index (χ0n) is 13.5. The number of halogens is 3. The molecular weight excluding hydrogens is 325 g/mol. The number of alkyl halides is 3. The molecule has 8 heteroatoms. The van der Waals surface area contributed by atoms with E-state index in [4.69, 9.17) is 4.74 Å². The lowest BCUT2D eigenvalue weighted by Crippen LogP contribution is -2.49. The van der Waals surface area contributed by atoms with Gasteiger partial charge in [0.05, 0.1) is 18.8 Å². The number of morpholine rings is 1. The quantitative estimate of drug-likeness (QED) is 0.878. The standard InChI is InChI=1S/C16H21F3N2O3/c1-10-8-21(9-11(2)24-10)14(22)7-20-13-6-4-3-5-12(13)15(23)16(17,18)19/h3-6,10-11,15,20,23H,7-9H2,1-2H3/t10-,11+,15-/m0/s1. The number of carbonyl (C=O) groups excluding carboxylic acids is 1. The second-order valence-electron chi connectivity index (χ2n) is 5.94. The summed E-state index contributed by atoms with van der Waals surface area (Å²) >= 11 is 0. The Morgan fingerprint density at radius 2 is 1.92 bits per heavy atom. The fourth-order valence-corrected chi connectivity index (χ4v) is 2.74. The Balaban J connectivity index is 2.03. The van der Waals surface area contributed by atoms with Crippen LogP contribution < -0.4 is 5.32 Å². The molecule has 0 bridgehead atoms. The molecule has 2 rings (SSSR count). The van der Waals surface area contributed by atoms with Crippen molar-refractivity contribution in [3.05, 3.63) is 29.8 Å². The minimum atomic E-state index is -4.77. The molecular formula is C16H21F3N2O3. The number of aliphatic hydroxyl groups is 1. The van der Waals surface area contributed by atoms with Gasteiger partial charge in [-0.2, -0.15) is 13.2 Å². The van der Waals surface area contributed by atoms with Crippen molar-refractivity contribution in [3.8, 4) is 0 Å². The zero-order chi connectivity index (χ0) is 17.9. The van der Waals surface area contributed by atoms with Crippen LogP contribution in [0.2, 0.25) is 0 Å². The van der Waals surface area contributed by atoms with Gasteiger partial charge in [0.15, 0.2) is 6.10 Å². The number of ether oxygens (including phenoxy) is 1. The molecule has 1 heterocycles. The van der Waals surface area contributed by atoms with Crippen LogP contribution >= 0.6 is 0 Å². The van der Waals surface area contributed by atoms with Gasteiger partial charge in [-0.05, 0) is 19.9 Å². The molecule has 3 atom stereocenters. The lowest BCUT2D eigenvalue weighted by molar-refractivity contribution is -0.206. The molecule has 0 spiro atoms. The van der Waals surface area contributed by atoms with Gasteiger partial charge in [-0.15, -0.1) is 0 Å². The molecule has 1 aromatic rings. The zero-order valence-corrected chi connectivity index (χ0v) is 13.5. The highest BCUT2D eigenvalue weighted by Gasteiger charge is 2.40. The number of nitrogens with zero attached hydrogens (tertiary/aromatic N) is 1. The fraction of sp³-hybridized carbons (Fsp3) is 0.562. The van der Waals surface area contributed by atoms with Crippen molar-refractivity contribution >= 4 is 11.6 Å². The van der Waals surface area contributed by atoms with Gasteiger partial charge in [-0.3, -0.25) is 4.79 Å². The largest absolute Gasteiger partial charge is 0.418 e. The summed E-state index contributed by atoms with van der Waals surface area (Å²) in [6.45, 7) is 4.45. The topological polar surface area (TPSA) is 61.8 Å². The Kier molecular flexibility index (Phi) is 5.71. The molecule has 0 aromatic heterocycles. The fourth-order valence-electron chi connectivity index (χ4n) is 2.74. The van der Waals surface area contributed by atoms with Gasteiger partial charge in [0.1, 0.15) is 0 Å². The first kappa shape index (κ1) is 18.5. The number of carbonyl (C=O) groups is 1. The van der Waals surface area contributed by atoms with Crippen molar-refractivity contribution in [1.82, 2.24) is 4.90 Å². The molecule has 0 aliphatic carbocycles. The van der Waals surface area contributed by atoms with Gasteiger partial charge in [0.25, 0.3) is 0 Å². The average Bonchev–Trinajstić information content (AvgIpc) is 2.50. The maximum atomic E-state index is 12.7. The summed E-state index contributed by atoms with van der Waals surface area (Å²) in [7, 11) is 0. The molecule has 0 saturated carbocycles. The molecule has 1 aliphatic rings. The maximum absolute atomic E-state index is 12.7. The van der Waals surface area contributed by atoms with E-state index in [0.717, 1.165) is 0 Å². The second kappa shape index (κ2) is 7.40. The van der Waals surface area contributed by atoms with Crippen LogP contribution in [-0.4, -0.2) is 53.9 Å². The van der Waals surface area contributed by atoms with Crippen LogP contribution in [-0.2, 0) is 9.53 Å². The molecule has 24 heavy (non-hydrogen) atoms. The summed E-state index contributed by atoms with van der Waals surface area (Å²) < 4.78 is 43.7. The van der Waals surface area contributed by atoms with Crippen molar-refractivity contribution in [2.24, 2.45) is 0 Å². The Morgan fingerprint density at radius 1 is 1.33 bits per heavy atom. The molecule has 0 unspecified atom stereocenters. The second-order valence-corrected chi connectivity index (χ2v) is 5.94. The normalized spacial score (nSPS) is 23.0. The third-order valence-electron chi connectivity index (χ3n) is 3.77. The Labute approximate surface area is 138 Å². The van der Waals surface area contributed by atoms with Crippen LogP contribution in [0.3, 0.4) is 0 Å². The minimum Gasteiger partial charge on any atom is -0.379 e. The number of amides is 1. The van der Waals surface area contributed by atoms with Crippen LogP contribution in [0.15, 0.2) is 24.3 Å². The van der Waals surface area contributed by atoms with Crippen molar-refractivity contribution < 1.29 is 27.8 Å². The average molecular weight is 346 g/mol. The number of rotatable bonds is 4. The van der Waals surface area contributed by atoms with E-state index < -0.39 is 12.3 Å². The number of anilines is 1. The van der Waals surface area contributed by atoms with E-state index in [9.17, 15) is 23.1 Å². The summed E-state index contributed by atoms with van der Waals surface area (Å²) in [6.07, 6.45) is -7.54. The summed E-state index contributed by atoms with van der Waals surface area (Å²) in [5.41, 5.74) is -0.216. The lowest BCUT2D eigenvalue weighted by atomic mass is 10.1. The van der Waals surface area contributed by atoms with Gasteiger partial charge < -0.3 is 20.1 Å². The Morgan fingerprint density at radius 3 is 2.50 bits per heavy atom. The minimum absolute atomic E-state index is 0.0861. The van der Waals surface area contributed by atoms with Gasteiger partial charge in [0.2, 0.25) is 5.91 Å². The maximum Gasteiger partial charge on any atom is 0.418 e. The summed E-state index contributed by atoms with van der Waals surface area (Å²) in [5.74, 6) is -0.228. The van der Waals surface area contributed by atoms with E-state index >= 15 is 0 Å². The van der Waals surface area contributed by atoms with Crippen LogP contribution in [0.5, 0.6) is 0 Å². The first-order valence-electron chi connectivity index (χ1n) is 7.69. The van der Waals surface area contributed by atoms with Gasteiger partial charge in [-0.25, -0.2) is 0 Å². The Hall–Kier alpha value is -1.80. The van der Waals surface area contributed by atoms with E-state index in [2.05, 4.69) is 5.32 Å². The predicted octanol–water partition coefficient (Wildman–Crippen LogP) is 2.33. The molecule has 1 saturated heterocycles. The van der Waals surface area contributed by atoms with E-state index in [0.29, 0.717) is 13.1 Å². The molecule has 0 radical (unpaired) electrons.